The van der Waals surface area contributed by atoms with E-state index in [9.17, 15) is 9.59 Å². The highest BCUT2D eigenvalue weighted by Gasteiger charge is 2.21. The molecule has 0 atom stereocenters. The number of anilines is 2. The molecule has 2 aromatic heterocycles. The van der Waals surface area contributed by atoms with E-state index in [0.717, 1.165) is 17.7 Å². The van der Waals surface area contributed by atoms with Gasteiger partial charge >= 0.3 is 0 Å². The number of pyridine rings is 1. The molecule has 0 saturated carbocycles. The highest BCUT2D eigenvalue weighted by Crippen LogP contribution is 2.24. The molecule has 8 heteroatoms. The molecule has 1 fully saturated rings. The van der Waals surface area contributed by atoms with Gasteiger partial charge in [0.2, 0.25) is 23.5 Å². The van der Waals surface area contributed by atoms with Gasteiger partial charge in [-0.15, -0.1) is 0 Å². The first-order valence-corrected chi connectivity index (χ1v) is 9.12. The Morgan fingerprint density at radius 3 is 2.96 bits per heavy atom. The second-order valence-corrected chi connectivity index (χ2v) is 6.50. The van der Waals surface area contributed by atoms with Crippen molar-refractivity contribution in [3.05, 3.63) is 54.7 Å². The first-order valence-electron chi connectivity index (χ1n) is 9.12. The van der Waals surface area contributed by atoms with Crippen molar-refractivity contribution in [3.63, 3.8) is 0 Å². The molecule has 8 nitrogen and oxygen atoms in total. The largest absolute Gasteiger partial charge is 0.339 e. The highest BCUT2D eigenvalue weighted by atomic mass is 16.5. The van der Waals surface area contributed by atoms with Gasteiger partial charge < -0.3 is 14.7 Å². The number of aromatic nitrogens is 3. The molecule has 0 bridgehead atoms. The lowest BCUT2D eigenvalue weighted by Crippen LogP contribution is -2.23. The fourth-order valence-corrected chi connectivity index (χ4v) is 3.09. The van der Waals surface area contributed by atoms with Crippen LogP contribution in [0, 0.1) is 0 Å². The van der Waals surface area contributed by atoms with Crippen molar-refractivity contribution in [3.8, 4) is 11.4 Å². The number of carbonyl (C=O) groups is 2. The Labute approximate surface area is 161 Å². The number of nitrogens with zero attached hydrogens (tertiary/aromatic N) is 4. The minimum Gasteiger partial charge on any atom is -0.339 e. The van der Waals surface area contributed by atoms with Gasteiger partial charge in [-0.05, 0) is 36.8 Å². The molecule has 28 heavy (non-hydrogen) atoms. The molecule has 0 aliphatic carbocycles. The normalized spacial score (nSPS) is 13.7. The van der Waals surface area contributed by atoms with Gasteiger partial charge in [0.15, 0.2) is 0 Å². The summed E-state index contributed by atoms with van der Waals surface area (Å²) >= 11 is 0. The lowest BCUT2D eigenvalue weighted by atomic mass is 10.2. The fraction of sp³-hybridized carbons (Fsp3) is 0.250. The second-order valence-electron chi connectivity index (χ2n) is 6.50. The van der Waals surface area contributed by atoms with Crippen LogP contribution in [0.3, 0.4) is 0 Å². The van der Waals surface area contributed by atoms with Gasteiger partial charge in [-0.3, -0.25) is 14.6 Å². The zero-order valence-corrected chi connectivity index (χ0v) is 15.2. The van der Waals surface area contributed by atoms with Crippen LogP contribution in [-0.2, 0) is 16.0 Å². The van der Waals surface area contributed by atoms with Crippen LogP contribution in [0.5, 0.6) is 0 Å². The Morgan fingerprint density at radius 1 is 1.25 bits per heavy atom. The molecule has 2 amide bonds. The molecule has 1 aromatic carbocycles. The summed E-state index contributed by atoms with van der Waals surface area (Å²) in [5.74, 6) is 0.798. The number of hydrogen-bond donors (Lipinski definition) is 1. The number of aryl methyl sites for hydroxylation is 1. The summed E-state index contributed by atoms with van der Waals surface area (Å²) in [6.45, 7) is 0.715. The summed E-state index contributed by atoms with van der Waals surface area (Å²) in [5.41, 5.74) is 2.22. The Kier molecular flexibility index (Phi) is 5.09. The zero-order chi connectivity index (χ0) is 19.3. The van der Waals surface area contributed by atoms with Gasteiger partial charge in [-0.2, -0.15) is 4.98 Å². The van der Waals surface area contributed by atoms with Crippen LogP contribution in [0.4, 0.5) is 11.4 Å². The third-order valence-corrected chi connectivity index (χ3v) is 4.47. The first kappa shape index (κ1) is 17.8. The Hall–Kier alpha value is -3.55. The maximum Gasteiger partial charge on any atom is 0.227 e. The maximum atomic E-state index is 12.3. The second kappa shape index (κ2) is 7.99. The van der Waals surface area contributed by atoms with Crippen LogP contribution in [0.1, 0.15) is 25.2 Å². The smallest absolute Gasteiger partial charge is 0.227 e. The van der Waals surface area contributed by atoms with Gasteiger partial charge in [0.1, 0.15) is 0 Å². The van der Waals surface area contributed by atoms with Crippen LogP contribution >= 0.6 is 0 Å². The quantitative estimate of drug-likeness (QED) is 0.709. The molecule has 3 heterocycles. The van der Waals surface area contributed by atoms with Crippen LogP contribution < -0.4 is 10.2 Å². The molecule has 1 saturated heterocycles. The highest BCUT2D eigenvalue weighted by molar-refractivity contribution is 5.97. The van der Waals surface area contributed by atoms with Crippen molar-refractivity contribution in [2.45, 2.75) is 25.7 Å². The zero-order valence-electron chi connectivity index (χ0n) is 15.2. The average molecular weight is 377 g/mol. The molecule has 1 aliphatic rings. The van der Waals surface area contributed by atoms with E-state index in [1.807, 2.05) is 24.3 Å². The van der Waals surface area contributed by atoms with Crippen LogP contribution in [0.15, 0.2) is 53.3 Å². The van der Waals surface area contributed by atoms with Crippen LogP contribution in [0.2, 0.25) is 0 Å². The molecular weight excluding hydrogens is 358 g/mol. The van der Waals surface area contributed by atoms with Crippen LogP contribution in [0.25, 0.3) is 11.4 Å². The summed E-state index contributed by atoms with van der Waals surface area (Å²) < 4.78 is 5.21. The number of nitrogens with one attached hydrogen (secondary N) is 1. The van der Waals surface area contributed by atoms with Crippen molar-refractivity contribution in [2.24, 2.45) is 0 Å². The number of carbonyl (C=O) groups excluding carboxylic acids is 2. The lowest BCUT2D eigenvalue weighted by Gasteiger charge is -2.16. The standard InChI is InChI=1S/C20H19N5O3/c26-17(8-9-18-23-20(24-28-18)14-4-2-10-21-13-14)22-15-5-1-6-16(12-15)25-11-3-7-19(25)27/h1-2,4-6,10,12-13H,3,7-9,11H2,(H,22,26). The maximum absolute atomic E-state index is 12.3. The van der Waals surface area contributed by atoms with Gasteiger partial charge in [-0.1, -0.05) is 11.2 Å². The monoisotopic (exact) mass is 377 g/mol. The van der Waals surface area contributed by atoms with E-state index in [0.29, 0.717) is 36.8 Å². The van der Waals surface area contributed by atoms with E-state index in [1.54, 1.807) is 29.4 Å². The van der Waals surface area contributed by atoms with Crippen molar-refractivity contribution in [1.82, 2.24) is 15.1 Å². The van der Waals surface area contributed by atoms with Crippen LogP contribution in [-0.4, -0.2) is 33.5 Å². The van der Waals surface area contributed by atoms with E-state index in [1.165, 1.54) is 0 Å². The Bertz CT molecular complexity index is 986. The topological polar surface area (TPSA) is 101 Å². The number of benzene rings is 1. The van der Waals surface area contributed by atoms with Gasteiger partial charge in [0.25, 0.3) is 0 Å². The number of amides is 2. The van der Waals surface area contributed by atoms with Gasteiger partial charge in [-0.25, -0.2) is 0 Å². The molecule has 0 radical (unpaired) electrons. The molecule has 0 spiro atoms. The summed E-state index contributed by atoms with van der Waals surface area (Å²) in [7, 11) is 0. The Morgan fingerprint density at radius 2 is 2.18 bits per heavy atom. The van der Waals surface area contributed by atoms with Gasteiger partial charge in [0, 0.05) is 55.1 Å². The van der Waals surface area contributed by atoms with E-state index >= 15 is 0 Å². The molecule has 4 rings (SSSR count). The van der Waals surface area contributed by atoms with E-state index < -0.39 is 0 Å². The minimum atomic E-state index is -0.161. The van der Waals surface area contributed by atoms with E-state index in [2.05, 4.69) is 20.4 Å². The Balaban J connectivity index is 1.34. The predicted octanol–water partition coefficient (Wildman–Crippen LogP) is 2.83. The van der Waals surface area contributed by atoms with Crippen molar-refractivity contribution in [1.29, 1.82) is 0 Å². The third kappa shape index (κ3) is 4.06. The third-order valence-electron chi connectivity index (χ3n) is 4.47. The molecule has 0 unspecified atom stereocenters. The summed E-state index contributed by atoms with van der Waals surface area (Å²) in [6, 6.07) is 10.9. The minimum absolute atomic E-state index is 0.115. The predicted molar refractivity (Wildman–Crippen MR) is 103 cm³/mol. The first-order chi connectivity index (χ1) is 13.7. The molecular formula is C20H19N5O3. The molecule has 1 N–H and O–H groups in total. The van der Waals surface area contributed by atoms with Crippen molar-refractivity contribution >= 4 is 23.2 Å². The lowest BCUT2D eigenvalue weighted by molar-refractivity contribution is -0.117. The molecule has 1 aliphatic heterocycles. The molecule has 142 valence electrons. The number of rotatable bonds is 6. The van der Waals surface area contributed by atoms with Crippen molar-refractivity contribution in [2.75, 3.05) is 16.8 Å². The number of hydrogen-bond acceptors (Lipinski definition) is 6. The summed E-state index contributed by atoms with van der Waals surface area (Å²) in [6.07, 6.45) is 5.30. The van der Waals surface area contributed by atoms with E-state index in [-0.39, 0.29) is 18.2 Å². The SMILES string of the molecule is O=C(CCc1nc(-c2cccnc2)no1)Nc1cccc(N2CCCC2=O)c1. The van der Waals surface area contributed by atoms with Crippen molar-refractivity contribution < 1.29 is 14.1 Å². The summed E-state index contributed by atoms with van der Waals surface area (Å²) in [5, 5.41) is 6.77. The molecule has 3 aromatic rings. The van der Waals surface area contributed by atoms with E-state index in [4.69, 9.17) is 4.52 Å². The van der Waals surface area contributed by atoms with Gasteiger partial charge in [0.05, 0.1) is 0 Å². The summed E-state index contributed by atoms with van der Waals surface area (Å²) in [4.78, 5) is 34.2. The fourth-order valence-electron chi connectivity index (χ4n) is 3.09. The average Bonchev–Trinajstić information content (AvgIpc) is 3.36.